The van der Waals surface area contributed by atoms with Crippen LogP contribution in [0.5, 0.6) is 0 Å². The number of hydrogen-bond donors (Lipinski definition) is 1. The zero-order valence-corrected chi connectivity index (χ0v) is 8.44. The third-order valence-electron chi connectivity index (χ3n) is 0.816. The van der Waals surface area contributed by atoms with Gasteiger partial charge in [-0.3, -0.25) is 0 Å². The molecular formula is C9H24O. The van der Waals surface area contributed by atoms with Crippen molar-refractivity contribution < 1.29 is 5.11 Å². The van der Waals surface area contributed by atoms with E-state index in [1.54, 1.807) is 0 Å². The molecule has 0 aromatic carbocycles. The van der Waals surface area contributed by atoms with E-state index in [9.17, 15) is 0 Å². The van der Waals surface area contributed by atoms with Gasteiger partial charge in [-0.15, -0.1) is 0 Å². The van der Waals surface area contributed by atoms with E-state index in [2.05, 4.69) is 34.6 Å². The van der Waals surface area contributed by atoms with Gasteiger partial charge in [0.1, 0.15) is 0 Å². The van der Waals surface area contributed by atoms with Crippen LogP contribution in [0.2, 0.25) is 0 Å². The van der Waals surface area contributed by atoms with Crippen LogP contribution in [0.25, 0.3) is 0 Å². The van der Waals surface area contributed by atoms with E-state index in [0.717, 1.165) is 13.0 Å². The fraction of sp³-hybridized carbons (Fsp3) is 1.00. The Hall–Kier alpha value is -0.0400. The molecule has 1 heteroatoms. The van der Waals surface area contributed by atoms with E-state index in [1.807, 2.05) is 0 Å². The molecule has 0 saturated carbocycles. The molecule has 0 radical (unpaired) electrons. The van der Waals surface area contributed by atoms with Gasteiger partial charge in [0, 0.05) is 7.11 Å². The van der Waals surface area contributed by atoms with Gasteiger partial charge in [0.25, 0.3) is 0 Å². The van der Waals surface area contributed by atoms with Crippen molar-refractivity contribution in [1.29, 1.82) is 0 Å². The number of hydrogen-bond acceptors (Lipinski definition) is 1. The van der Waals surface area contributed by atoms with Crippen LogP contribution in [0.1, 0.15) is 47.5 Å². The van der Waals surface area contributed by atoms with Crippen molar-refractivity contribution in [3.63, 3.8) is 0 Å². The summed E-state index contributed by atoms with van der Waals surface area (Å²) in [4.78, 5) is 0. The Kier molecular flexibility index (Phi) is 38.1. The lowest BCUT2D eigenvalue weighted by atomic mass is 10.2. The molecule has 0 heterocycles. The van der Waals surface area contributed by atoms with Crippen molar-refractivity contribution in [3.8, 4) is 0 Å². The molecule has 0 aromatic heterocycles. The van der Waals surface area contributed by atoms with E-state index < -0.39 is 0 Å². The van der Waals surface area contributed by atoms with Gasteiger partial charge < -0.3 is 5.11 Å². The predicted molar refractivity (Wildman–Crippen MR) is 49.2 cm³/mol. The van der Waals surface area contributed by atoms with E-state index in [4.69, 9.17) is 5.11 Å². The molecule has 0 aromatic rings. The highest BCUT2D eigenvalue weighted by Crippen LogP contribution is 1.93. The lowest BCUT2D eigenvalue weighted by molar-refractivity contribution is 0.399. The van der Waals surface area contributed by atoms with Crippen LogP contribution < -0.4 is 0 Å². The fourth-order valence-electron chi connectivity index (χ4n) is 0. The SMILES string of the molecule is CCC.CCC(C)C.CO. The van der Waals surface area contributed by atoms with E-state index in [-0.39, 0.29) is 0 Å². The molecule has 0 spiro atoms. The van der Waals surface area contributed by atoms with Crippen molar-refractivity contribution in [2.75, 3.05) is 7.11 Å². The molecule has 0 rings (SSSR count). The first kappa shape index (κ1) is 16.5. The van der Waals surface area contributed by atoms with Gasteiger partial charge in [-0.25, -0.2) is 0 Å². The predicted octanol–water partition coefficient (Wildman–Crippen LogP) is 3.08. The minimum atomic E-state index is 0.884. The first-order valence-electron chi connectivity index (χ1n) is 4.13. The minimum Gasteiger partial charge on any atom is -0.400 e. The zero-order valence-electron chi connectivity index (χ0n) is 8.44. The van der Waals surface area contributed by atoms with Crippen LogP contribution in [0.4, 0.5) is 0 Å². The summed E-state index contributed by atoms with van der Waals surface area (Å²) in [7, 11) is 1.00. The van der Waals surface area contributed by atoms with Gasteiger partial charge in [0.05, 0.1) is 0 Å². The monoisotopic (exact) mass is 148 g/mol. The standard InChI is InChI=1S/C5H12.C3H8.CH4O/c1-4-5(2)3;1-3-2;1-2/h5H,4H2,1-3H3;3H2,1-2H3;2H,1H3. The molecule has 0 aliphatic rings. The van der Waals surface area contributed by atoms with Crippen LogP contribution in [-0.4, -0.2) is 12.2 Å². The summed E-state index contributed by atoms with van der Waals surface area (Å²) in [6, 6.07) is 0. The Labute approximate surface area is 66.5 Å². The molecule has 66 valence electrons. The maximum absolute atomic E-state index is 7.00. The fourth-order valence-corrected chi connectivity index (χ4v) is 0. The van der Waals surface area contributed by atoms with Crippen LogP contribution in [0.3, 0.4) is 0 Å². The van der Waals surface area contributed by atoms with Gasteiger partial charge >= 0.3 is 0 Å². The third-order valence-corrected chi connectivity index (χ3v) is 0.816. The lowest BCUT2D eigenvalue weighted by Gasteiger charge is -1.90. The highest BCUT2D eigenvalue weighted by atomic mass is 16.2. The maximum atomic E-state index is 7.00. The number of rotatable bonds is 1. The molecule has 0 bridgehead atoms. The normalized spacial score (nSPS) is 7.20. The Morgan fingerprint density at radius 2 is 1.10 bits per heavy atom. The Morgan fingerprint density at radius 1 is 1.00 bits per heavy atom. The molecule has 10 heavy (non-hydrogen) atoms. The van der Waals surface area contributed by atoms with Crippen molar-refractivity contribution in [3.05, 3.63) is 0 Å². The summed E-state index contributed by atoms with van der Waals surface area (Å²) in [5, 5.41) is 7.00. The van der Waals surface area contributed by atoms with E-state index in [1.165, 1.54) is 12.8 Å². The summed E-state index contributed by atoms with van der Waals surface area (Å²) in [6.07, 6.45) is 2.56. The van der Waals surface area contributed by atoms with Gasteiger partial charge in [-0.05, 0) is 5.92 Å². The summed E-state index contributed by atoms with van der Waals surface area (Å²) in [5.41, 5.74) is 0. The quantitative estimate of drug-likeness (QED) is 0.606. The third kappa shape index (κ3) is 100. The van der Waals surface area contributed by atoms with E-state index >= 15 is 0 Å². The highest BCUT2D eigenvalue weighted by molar-refractivity contribution is 4.32. The molecule has 0 amide bonds. The molecule has 1 nitrogen and oxygen atoms in total. The van der Waals surface area contributed by atoms with Crippen molar-refractivity contribution in [1.82, 2.24) is 0 Å². The van der Waals surface area contributed by atoms with E-state index in [0.29, 0.717) is 0 Å². The van der Waals surface area contributed by atoms with Crippen molar-refractivity contribution in [2.45, 2.75) is 47.5 Å². The van der Waals surface area contributed by atoms with Crippen LogP contribution in [0.15, 0.2) is 0 Å². The Balaban J connectivity index is -0.0000000847. The molecule has 0 saturated heterocycles. The summed E-state index contributed by atoms with van der Waals surface area (Å²) in [5.74, 6) is 0.884. The average molecular weight is 148 g/mol. The lowest BCUT2D eigenvalue weighted by Crippen LogP contribution is -1.77. The molecule has 0 aliphatic carbocycles. The molecule has 0 atom stereocenters. The second-order valence-corrected chi connectivity index (χ2v) is 2.51. The van der Waals surface area contributed by atoms with Gasteiger partial charge in [0.15, 0.2) is 0 Å². The average Bonchev–Trinajstić information content (AvgIpc) is 1.94. The van der Waals surface area contributed by atoms with Crippen LogP contribution >= 0.6 is 0 Å². The Bertz CT molecular complexity index is 25.9. The summed E-state index contributed by atoms with van der Waals surface area (Å²) < 4.78 is 0. The maximum Gasteiger partial charge on any atom is 0.0319 e. The van der Waals surface area contributed by atoms with Gasteiger partial charge in [0.2, 0.25) is 0 Å². The van der Waals surface area contributed by atoms with Crippen molar-refractivity contribution in [2.24, 2.45) is 5.92 Å². The topological polar surface area (TPSA) is 20.2 Å². The highest BCUT2D eigenvalue weighted by Gasteiger charge is 1.80. The second-order valence-electron chi connectivity index (χ2n) is 2.51. The molecule has 1 N–H and O–H groups in total. The zero-order chi connectivity index (χ0) is 8.99. The first-order valence-corrected chi connectivity index (χ1v) is 4.13. The minimum absolute atomic E-state index is 0.884. The van der Waals surface area contributed by atoms with Crippen LogP contribution in [0, 0.1) is 5.92 Å². The molecule has 0 fully saturated rings. The van der Waals surface area contributed by atoms with Crippen molar-refractivity contribution >= 4 is 0 Å². The smallest absolute Gasteiger partial charge is 0.0319 e. The summed E-state index contributed by atoms with van der Waals surface area (Å²) >= 11 is 0. The largest absolute Gasteiger partial charge is 0.400 e. The second kappa shape index (κ2) is 23.1. The van der Waals surface area contributed by atoms with Crippen LogP contribution in [-0.2, 0) is 0 Å². The van der Waals surface area contributed by atoms with Gasteiger partial charge in [-0.2, -0.15) is 0 Å². The first-order chi connectivity index (χ1) is 4.68. The number of aliphatic hydroxyl groups is 1. The van der Waals surface area contributed by atoms with Gasteiger partial charge in [-0.1, -0.05) is 47.5 Å². The molecule has 0 aliphatic heterocycles. The molecular weight excluding hydrogens is 124 g/mol. The summed E-state index contributed by atoms with van der Waals surface area (Å²) in [6.45, 7) is 10.9. The Morgan fingerprint density at radius 3 is 1.10 bits per heavy atom. The number of aliphatic hydroxyl groups excluding tert-OH is 1. The molecule has 0 unspecified atom stereocenters.